The lowest BCUT2D eigenvalue weighted by atomic mass is 10.2. The zero-order valence-corrected chi connectivity index (χ0v) is 15.0. The smallest absolute Gasteiger partial charge is 0.422 e. The molecule has 0 aliphatic heterocycles. The molecule has 0 aliphatic carbocycles. The predicted molar refractivity (Wildman–Crippen MR) is 87.2 cm³/mol. The van der Waals surface area contributed by atoms with Crippen LogP contribution in [0.25, 0.3) is 0 Å². The third-order valence-corrected chi connectivity index (χ3v) is 3.12. The van der Waals surface area contributed by atoms with Crippen molar-refractivity contribution in [2.24, 2.45) is 0 Å². The minimum Gasteiger partial charge on any atom is -0.483 e. The van der Waals surface area contributed by atoms with E-state index in [9.17, 15) is 28.1 Å². The monoisotopic (exact) mass is 462 g/mol. The molecular formula is C13H14F3IN2O5. The maximum absolute atomic E-state index is 12.3. The summed E-state index contributed by atoms with van der Waals surface area (Å²) in [5.41, 5.74) is -1.67. The van der Waals surface area contributed by atoms with Crippen molar-refractivity contribution in [2.45, 2.75) is 32.5 Å². The normalized spacial score (nSPS) is 11.8. The molecule has 0 spiro atoms. The van der Waals surface area contributed by atoms with Crippen LogP contribution in [-0.2, 0) is 4.74 Å². The molecule has 1 aromatic rings. The second-order valence-electron chi connectivity index (χ2n) is 5.59. The van der Waals surface area contributed by atoms with Crippen molar-refractivity contribution >= 4 is 40.1 Å². The highest BCUT2D eigenvalue weighted by Gasteiger charge is 2.30. The quantitative estimate of drug-likeness (QED) is 0.405. The van der Waals surface area contributed by atoms with E-state index in [-0.39, 0.29) is 15.0 Å². The summed E-state index contributed by atoms with van der Waals surface area (Å²) in [6.07, 6.45) is -5.54. The van der Waals surface area contributed by atoms with Crippen molar-refractivity contribution in [2.75, 3.05) is 11.9 Å². The van der Waals surface area contributed by atoms with Gasteiger partial charge in [-0.25, -0.2) is 4.79 Å². The van der Waals surface area contributed by atoms with E-state index in [4.69, 9.17) is 4.74 Å². The maximum atomic E-state index is 12.3. The highest BCUT2D eigenvalue weighted by atomic mass is 127. The number of nitro benzene ring substituents is 1. The van der Waals surface area contributed by atoms with Gasteiger partial charge in [0.05, 0.1) is 8.49 Å². The van der Waals surface area contributed by atoms with Crippen LogP contribution in [0, 0.1) is 13.7 Å². The summed E-state index contributed by atoms with van der Waals surface area (Å²) >= 11 is 1.60. The molecule has 0 radical (unpaired) electrons. The predicted octanol–water partition coefficient (Wildman–Crippen LogP) is 4.49. The number of alkyl halides is 3. The Hall–Kier alpha value is -1.79. The van der Waals surface area contributed by atoms with E-state index < -0.39 is 35.1 Å². The summed E-state index contributed by atoms with van der Waals surface area (Å²) < 4.78 is 46.4. The molecule has 134 valence electrons. The van der Waals surface area contributed by atoms with E-state index in [0.29, 0.717) is 0 Å². The number of nitrogens with one attached hydrogen (secondary N) is 1. The number of carbonyl (C=O) groups is 1. The molecule has 11 heteroatoms. The number of carbonyl (C=O) groups excluding carboxylic acids is 1. The number of rotatable bonds is 4. The van der Waals surface area contributed by atoms with Gasteiger partial charge in [-0.15, -0.1) is 0 Å². The van der Waals surface area contributed by atoms with Gasteiger partial charge in [-0.2, -0.15) is 13.2 Å². The fourth-order valence-corrected chi connectivity index (χ4v) is 2.08. The third-order valence-electron chi connectivity index (χ3n) is 2.27. The van der Waals surface area contributed by atoms with Crippen molar-refractivity contribution in [3.05, 3.63) is 25.8 Å². The highest BCUT2D eigenvalue weighted by Crippen LogP contribution is 2.34. The summed E-state index contributed by atoms with van der Waals surface area (Å²) in [6.45, 7) is 3.21. The van der Waals surface area contributed by atoms with Gasteiger partial charge < -0.3 is 9.47 Å². The first kappa shape index (κ1) is 20.3. The largest absolute Gasteiger partial charge is 0.483 e. The van der Waals surface area contributed by atoms with Crippen LogP contribution >= 0.6 is 22.6 Å². The molecule has 0 saturated carbocycles. The molecule has 0 atom stereocenters. The molecular weight excluding hydrogens is 448 g/mol. The molecule has 1 amide bonds. The van der Waals surface area contributed by atoms with E-state index in [1.807, 2.05) is 0 Å². The van der Waals surface area contributed by atoms with Gasteiger partial charge in [0, 0.05) is 12.1 Å². The zero-order valence-electron chi connectivity index (χ0n) is 12.9. The topological polar surface area (TPSA) is 90.7 Å². The Balaban J connectivity index is 3.11. The number of anilines is 1. The number of hydrogen-bond acceptors (Lipinski definition) is 5. The maximum Gasteiger partial charge on any atom is 0.422 e. The van der Waals surface area contributed by atoms with Crippen LogP contribution in [0.5, 0.6) is 5.75 Å². The van der Waals surface area contributed by atoms with Crippen molar-refractivity contribution in [1.82, 2.24) is 0 Å². The number of benzene rings is 1. The van der Waals surface area contributed by atoms with Gasteiger partial charge >= 0.3 is 12.3 Å². The van der Waals surface area contributed by atoms with Crippen LogP contribution in [0.4, 0.5) is 29.3 Å². The summed E-state index contributed by atoms with van der Waals surface area (Å²) in [4.78, 5) is 22.0. The van der Waals surface area contributed by atoms with E-state index >= 15 is 0 Å². The lowest BCUT2D eigenvalue weighted by Crippen LogP contribution is -2.27. The number of halogens is 4. The zero-order chi connectivity index (χ0) is 18.7. The highest BCUT2D eigenvalue weighted by molar-refractivity contribution is 14.1. The van der Waals surface area contributed by atoms with Crippen LogP contribution in [0.1, 0.15) is 20.8 Å². The number of amides is 1. The third kappa shape index (κ3) is 6.76. The molecule has 24 heavy (non-hydrogen) atoms. The first-order valence-corrected chi connectivity index (χ1v) is 7.54. The average molecular weight is 462 g/mol. The van der Waals surface area contributed by atoms with Gasteiger partial charge in [-0.3, -0.25) is 15.4 Å². The standard InChI is InChI=1S/C13H14F3IN2O5/c1-12(2,3)24-11(20)18-8-5-10(23-6-13(14,15)16)7(17)4-9(8)19(21)22/h4-5H,6H2,1-3H3,(H,18,20). The van der Waals surface area contributed by atoms with E-state index in [1.54, 1.807) is 43.4 Å². The number of ether oxygens (including phenoxy) is 2. The molecule has 1 N–H and O–H groups in total. The minimum atomic E-state index is -4.57. The minimum absolute atomic E-state index is 0.0956. The fourth-order valence-electron chi connectivity index (χ4n) is 1.48. The summed E-state index contributed by atoms with van der Waals surface area (Å²) in [5.74, 6) is -0.246. The lowest BCUT2D eigenvalue weighted by molar-refractivity contribution is -0.384. The lowest BCUT2D eigenvalue weighted by Gasteiger charge is -2.20. The number of nitro groups is 1. The van der Waals surface area contributed by atoms with Crippen LogP contribution in [0.3, 0.4) is 0 Å². The summed E-state index contributed by atoms with van der Waals surface area (Å²) in [6, 6.07) is 1.95. The van der Waals surface area contributed by atoms with Crippen LogP contribution in [0.2, 0.25) is 0 Å². The Morgan fingerprint density at radius 2 is 1.92 bits per heavy atom. The van der Waals surface area contributed by atoms with Gasteiger partial charge in [0.1, 0.15) is 17.0 Å². The Kier molecular flexibility index (Phi) is 6.25. The van der Waals surface area contributed by atoms with Crippen molar-refractivity contribution in [3.8, 4) is 5.75 Å². The first-order chi connectivity index (χ1) is 10.8. The Bertz CT molecular complexity index is 644. The van der Waals surface area contributed by atoms with E-state index in [1.165, 1.54) is 0 Å². The molecule has 7 nitrogen and oxygen atoms in total. The Morgan fingerprint density at radius 1 is 1.33 bits per heavy atom. The van der Waals surface area contributed by atoms with Crippen molar-refractivity contribution in [1.29, 1.82) is 0 Å². The average Bonchev–Trinajstić information content (AvgIpc) is 2.35. The van der Waals surface area contributed by atoms with E-state index in [0.717, 1.165) is 12.1 Å². The second-order valence-corrected chi connectivity index (χ2v) is 6.75. The molecule has 0 heterocycles. The molecule has 0 aromatic heterocycles. The van der Waals surface area contributed by atoms with Gasteiger partial charge in [-0.1, -0.05) is 0 Å². The van der Waals surface area contributed by atoms with E-state index in [2.05, 4.69) is 10.1 Å². The molecule has 0 saturated heterocycles. The number of nitrogens with zero attached hydrogens (tertiary/aromatic N) is 1. The molecule has 1 aromatic carbocycles. The van der Waals surface area contributed by atoms with Crippen molar-refractivity contribution < 1.29 is 32.4 Å². The fraction of sp³-hybridized carbons (Fsp3) is 0.462. The Morgan fingerprint density at radius 3 is 2.38 bits per heavy atom. The molecule has 0 unspecified atom stereocenters. The van der Waals surface area contributed by atoms with Crippen LogP contribution in [-0.4, -0.2) is 29.4 Å². The number of hydrogen-bond donors (Lipinski definition) is 1. The van der Waals surface area contributed by atoms with Crippen LogP contribution in [0.15, 0.2) is 12.1 Å². The van der Waals surface area contributed by atoms with Crippen LogP contribution < -0.4 is 10.1 Å². The van der Waals surface area contributed by atoms with Gasteiger partial charge in [0.15, 0.2) is 6.61 Å². The summed E-state index contributed by atoms with van der Waals surface area (Å²) in [7, 11) is 0. The molecule has 0 aliphatic rings. The second kappa shape index (κ2) is 7.40. The first-order valence-electron chi connectivity index (χ1n) is 6.46. The molecule has 0 fully saturated rings. The SMILES string of the molecule is CC(C)(C)OC(=O)Nc1cc(OCC(F)(F)F)c(I)cc1[N+](=O)[O-]. The molecule has 1 rings (SSSR count). The van der Waals surface area contributed by atoms with Gasteiger partial charge in [0.25, 0.3) is 5.69 Å². The summed E-state index contributed by atoms with van der Waals surface area (Å²) in [5, 5.41) is 13.2. The van der Waals surface area contributed by atoms with Crippen molar-refractivity contribution in [3.63, 3.8) is 0 Å². The Labute approximate surface area is 148 Å². The van der Waals surface area contributed by atoms with Gasteiger partial charge in [-0.05, 0) is 43.4 Å². The molecule has 0 bridgehead atoms. The van der Waals surface area contributed by atoms with Gasteiger partial charge in [0.2, 0.25) is 0 Å².